The van der Waals surface area contributed by atoms with Crippen LogP contribution in [0, 0.1) is 6.92 Å². The van der Waals surface area contributed by atoms with E-state index in [9.17, 15) is 9.59 Å². The molecule has 0 saturated carbocycles. The van der Waals surface area contributed by atoms with Gasteiger partial charge >= 0.3 is 11.9 Å². The smallest absolute Gasteiger partial charge is 0.328 e. The normalized spacial score (nSPS) is 11.1. The molecule has 0 aliphatic heterocycles. The molecule has 0 amide bonds. The van der Waals surface area contributed by atoms with E-state index in [1.807, 2.05) is 13.0 Å². The van der Waals surface area contributed by atoms with Crippen molar-refractivity contribution in [1.29, 1.82) is 0 Å². The fourth-order valence-corrected chi connectivity index (χ4v) is 2.47. The van der Waals surface area contributed by atoms with Crippen LogP contribution >= 0.6 is 11.8 Å². The summed E-state index contributed by atoms with van der Waals surface area (Å²) in [5.74, 6) is 0.755. The lowest BCUT2D eigenvalue weighted by Crippen LogP contribution is -2.29. The predicted octanol–water partition coefficient (Wildman–Crippen LogP) is 2.68. The molecule has 25 heavy (non-hydrogen) atoms. The molecule has 0 radical (unpaired) electrons. The first-order valence-electron chi connectivity index (χ1n) is 8.38. The summed E-state index contributed by atoms with van der Waals surface area (Å²) >= 11 is 1.78. The molecule has 0 bridgehead atoms. The molecule has 0 spiro atoms. The Morgan fingerprint density at radius 3 is 2.52 bits per heavy atom. The number of nitrogens with one attached hydrogen (secondary N) is 1. The van der Waals surface area contributed by atoms with E-state index in [2.05, 4.69) is 44.0 Å². The number of anilines is 1. The van der Waals surface area contributed by atoms with E-state index in [1.54, 1.807) is 11.8 Å². The molecule has 1 rings (SSSR count). The van der Waals surface area contributed by atoms with Gasteiger partial charge in [0, 0.05) is 11.4 Å². The number of carboxylic acids is 1. The molecule has 0 aliphatic rings. The van der Waals surface area contributed by atoms with Crippen molar-refractivity contribution in [3.8, 4) is 0 Å². The lowest BCUT2D eigenvalue weighted by molar-refractivity contribution is -0.143. The molecule has 7 heteroatoms. The van der Waals surface area contributed by atoms with Gasteiger partial charge in [0.1, 0.15) is 12.6 Å². The van der Waals surface area contributed by atoms with Crippen LogP contribution in [0.5, 0.6) is 0 Å². The van der Waals surface area contributed by atoms with Gasteiger partial charge in [0.05, 0.1) is 6.54 Å². The zero-order valence-electron chi connectivity index (χ0n) is 15.5. The quantitative estimate of drug-likeness (QED) is 0.454. The van der Waals surface area contributed by atoms with Gasteiger partial charge < -0.3 is 20.9 Å². The van der Waals surface area contributed by atoms with Crippen LogP contribution in [0.4, 0.5) is 5.69 Å². The number of aryl methyl sites for hydroxylation is 2. The van der Waals surface area contributed by atoms with Gasteiger partial charge in [-0.1, -0.05) is 32.0 Å². The van der Waals surface area contributed by atoms with Gasteiger partial charge in [-0.3, -0.25) is 4.79 Å². The first kappa shape index (κ1) is 23.3. The Morgan fingerprint density at radius 2 is 2.00 bits per heavy atom. The fourth-order valence-electron chi connectivity index (χ4n) is 1.98. The Labute approximate surface area is 154 Å². The minimum absolute atomic E-state index is 0.188. The Kier molecular flexibility index (Phi) is 12.6. The number of para-hydroxylation sites is 1. The topological polar surface area (TPSA) is 102 Å². The number of hydrogen-bond donors (Lipinski definition) is 3. The van der Waals surface area contributed by atoms with E-state index in [4.69, 9.17) is 9.84 Å². The standard InChI is InChI=1S/C16H25NO2S.C2H5NO2/c1-5-14-9-7-8-12(3)15(14)17-13(4)16(18)19-10-11-20-6-2;3-1-2(4)5/h7-9,13,17H,5-6,10-11H2,1-4H3;1,3H2,(H,4,5)/t13-;/m0./s1. The summed E-state index contributed by atoms with van der Waals surface area (Å²) in [5, 5.41) is 10.9. The largest absolute Gasteiger partial charge is 0.480 e. The van der Waals surface area contributed by atoms with E-state index < -0.39 is 5.97 Å². The van der Waals surface area contributed by atoms with Crippen LogP contribution in [-0.4, -0.2) is 47.7 Å². The van der Waals surface area contributed by atoms with Gasteiger partial charge in [-0.15, -0.1) is 0 Å². The number of nitrogens with two attached hydrogens (primary N) is 1. The summed E-state index contributed by atoms with van der Waals surface area (Å²) in [5.41, 5.74) is 8.02. The van der Waals surface area contributed by atoms with Crippen molar-refractivity contribution in [3.63, 3.8) is 0 Å². The van der Waals surface area contributed by atoms with Gasteiger partial charge in [0.2, 0.25) is 0 Å². The Balaban J connectivity index is 0.00000101. The minimum atomic E-state index is -0.968. The highest BCUT2D eigenvalue weighted by Gasteiger charge is 2.16. The SMILES string of the molecule is CCSCCOC(=O)[C@H](C)Nc1c(C)cccc1CC.NCC(=O)O. The van der Waals surface area contributed by atoms with Crippen molar-refractivity contribution in [2.24, 2.45) is 5.73 Å². The van der Waals surface area contributed by atoms with Crippen LogP contribution in [0.15, 0.2) is 18.2 Å². The molecule has 6 nitrogen and oxygen atoms in total. The van der Waals surface area contributed by atoms with Crippen molar-refractivity contribution < 1.29 is 19.4 Å². The third-order valence-electron chi connectivity index (χ3n) is 3.31. The monoisotopic (exact) mass is 370 g/mol. The second-order valence-corrected chi connectivity index (χ2v) is 6.68. The maximum Gasteiger partial charge on any atom is 0.328 e. The van der Waals surface area contributed by atoms with Crippen LogP contribution in [0.2, 0.25) is 0 Å². The van der Waals surface area contributed by atoms with E-state index in [1.165, 1.54) is 5.56 Å². The van der Waals surface area contributed by atoms with Crippen molar-refractivity contribution in [1.82, 2.24) is 0 Å². The summed E-state index contributed by atoms with van der Waals surface area (Å²) in [7, 11) is 0. The first-order valence-corrected chi connectivity index (χ1v) is 9.53. The highest BCUT2D eigenvalue weighted by atomic mass is 32.2. The van der Waals surface area contributed by atoms with Crippen molar-refractivity contribution in [3.05, 3.63) is 29.3 Å². The summed E-state index contributed by atoms with van der Waals surface area (Å²) in [6.45, 7) is 8.32. The number of carbonyl (C=O) groups excluding carboxylic acids is 1. The number of ether oxygens (including phenoxy) is 1. The maximum absolute atomic E-state index is 11.9. The third-order valence-corrected chi connectivity index (χ3v) is 4.17. The molecule has 1 aromatic rings. The van der Waals surface area contributed by atoms with Gasteiger partial charge in [-0.25, -0.2) is 4.79 Å². The number of carboxylic acid groups (broad SMARTS) is 1. The van der Waals surface area contributed by atoms with E-state index >= 15 is 0 Å². The molecule has 0 saturated heterocycles. The third kappa shape index (κ3) is 9.99. The molecular formula is C18H30N2O4S. The van der Waals surface area contributed by atoms with Gasteiger partial charge in [0.15, 0.2) is 0 Å². The van der Waals surface area contributed by atoms with Crippen molar-refractivity contribution >= 4 is 29.4 Å². The zero-order chi connectivity index (χ0) is 19.2. The van der Waals surface area contributed by atoms with Gasteiger partial charge in [-0.05, 0) is 37.1 Å². The van der Waals surface area contributed by atoms with Gasteiger partial charge in [0.25, 0.3) is 0 Å². The molecular weight excluding hydrogens is 340 g/mol. The van der Waals surface area contributed by atoms with Crippen LogP contribution in [0.3, 0.4) is 0 Å². The molecule has 0 unspecified atom stereocenters. The van der Waals surface area contributed by atoms with Gasteiger partial charge in [-0.2, -0.15) is 11.8 Å². The molecule has 1 aromatic carbocycles. The van der Waals surface area contributed by atoms with Crippen LogP contribution in [0.1, 0.15) is 31.9 Å². The van der Waals surface area contributed by atoms with E-state index in [0.29, 0.717) is 6.61 Å². The maximum atomic E-state index is 11.9. The van der Waals surface area contributed by atoms with Crippen LogP contribution < -0.4 is 11.1 Å². The number of carbonyl (C=O) groups is 2. The number of hydrogen-bond acceptors (Lipinski definition) is 6. The van der Waals surface area contributed by atoms with Crippen molar-refractivity contribution in [2.75, 3.05) is 30.0 Å². The summed E-state index contributed by atoms with van der Waals surface area (Å²) in [4.78, 5) is 21.2. The zero-order valence-corrected chi connectivity index (χ0v) is 16.3. The average Bonchev–Trinajstić information content (AvgIpc) is 2.60. The lowest BCUT2D eigenvalue weighted by Gasteiger charge is -2.18. The average molecular weight is 371 g/mol. The van der Waals surface area contributed by atoms with Crippen LogP contribution in [0.25, 0.3) is 0 Å². The predicted molar refractivity (Wildman–Crippen MR) is 104 cm³/mol. The number of thioether (sulfide) groups is 1. The molecule has 1 atom stereocenters. The second kappa shape index (κ2) is 13.5. The highest BCUT2D eigenvalue weighted by Crippen LogP contribution is 2.22. The van der Waals surface area contributed by atoms with Crippen molar-refractivity contribution in [2.45, 2.75) is 40.2 Å². The number of rotatable bonds is 9. The molecule has 0 heterocycles. The Hall–Kier alpha value is -1.73. The number of esters is 1. The molecule has 0 fully saturated rings. The molecule has 4 N–H and O–H groups in total. The fraction of sp³-hybridized carbons (Fsp3) is 0.556. The Morgan fingerprint density at radius 1 is 1.36 bits per heavy atom. The number of benzene rings is 1. The Bertz CT molecular complexity index is 538. The second-order valence-electron chi connectivity index (χ2n) is 5.29. The summed E-state index contributed by atoms with van der Waals surface area (Å²) in [6, 6.07) is 5.86. The number of aliphatic carboxylic acids is 1. The summed E-state index contributed by atoms with van der Waals surface area (Å²) in [6.07, 6.45) is 0.943. The van der Waals surface area contributed by atoms with E-state index in [-0.39, 0.29) is 18.6 Å². The highest BCUT2D eigenvalue weighted by molar-refractivity contribution is 7.99. The molecule has 142 valence electrons. The first-order chi connectivity index (χ1) is 11.9. The summed E-state index contributed by atoms with van der Waals surface area (Å²) < 4.78 is 5.27. The molecule has 0 aromatic heterocycles. The van der Waals surface area contributed by atoms with Crippen LogP contribution in [-0.2, 0) is 20.7 Å². The van der Waals surface area contributed by atoms with E-state index in [0.717, 1.165) is 29.2 Å². The molecule has 0 aliphatic carbocycles. The lowest BCUT2D eigenvalue weighted by atomic mass is 10.1. The minimum Gasteiger partial charge on any atom is -0.480 e.